The van der Waals surface area contributed by atoms with Gasteiger partial charge >= 0.3 is 0 Å². The average Bonchev–Trinajstić information content (AvgIpc) is 3.52. The molecule has 184 valence electrons. The van der Waals surface area contributed by atoms with E-state index >= 15 is 0 Å². The van der Waals surface area contributed by atoms with Gasteiger partial charge in [0.05, 0.1) is 38.2 Å². The van der Waals surface area contributed by atoms with Gasteiger partial charge in [0.15, 0.2) is 0 Å². The van der Waals surface area contributed by atoms with Crippen LogP contribution >= 0.6 is 0 Å². The van der Waals surface area contributed by atoms with Gasteiger partial charge in [0.2, 0.25) is 11.8 Å². The van der Waals surface area contributed by atoms with Crippen LogP contribution in [-0.4, -0.2) is 39.5 Å². The van der Waals surface area contributed by atoms with Crippen molar-refractivity contribution in [3.8, 4) is 16.9 Å². The molecule has 8 nitrogen and oxygen atoms in total. The Morgan fingerprint density at radius 2 is 1.94 bits per heavy atom. The Hall–Kier alpha value is -4.17. The maximum atomic E-state index is 13.6. The number of aromatic nitrogens is 3. The van der Waals surface area contributed by atoms with Crippen molar-refractivity contribution in [2.24, 2.45) is 0 Å². The fourth-order valence-corrected chi connectivity index (χ4v) is 4.31. The van der Waals surface area contributed by atoms with Crippen LogP contribution in [0.3, 0.4) is 0 Å². The Balaban J connectivity index is 1.55. The first kappa shape index (κ1) is 23.6. The molecule has 0 radical (unpaired) electrons. The van der Waals surface area contributed by atoms with E-state index in [1.165, 1.54) is 0 Å². The fraction of sp³-hybridized carbons (Fsp3) is 0.250. The first-order valence-corrected chi connectivity index (χ1v) is 11.9. The lowest BCUT2D eigenvalue weighted by molar-refractivity contribution is -0.117. The van der Waals surface area contributed by atoms with Crippen molar-refractivity contribution in [2.45, 2.75) is 32.9 Å². The summed E-state index contributed by atoms with van der Waals surface area (Å²) in [6, 6.07) is 13.8. The van der Waals surface area contributed by atoms with Crippen molar-refractivity contribution in [2.75, 3.05) is 18.6 Å². The van der Waals surface area contributed by atoms with Crippen LogP contribution in [0.2, 0.25) is 0 Å². The predicted octanol–water partition coefficient (Wildman–Crippen LogP) is 4.72. The quantitative estimate of drug-likeness (QED) is 0.389. The molecule has 0 spiro atoms. The van der Waals surface area contributed by atoms with Crippen LogP contribution in [0.5, 0.6) is 5.75 Å². The molecule has 8 heteroatoms. The van der Waals surface area contributed by atoms with E-state index in [0.717, 1.165) is 39.3 Å². The lowest BCUT2D eigenvalue weighted by Crippen LogP contribution is -2.30. The summed E-state index contributed by atoms with van der Waals surface area (Å²) in [6.45, 7) is 3.02. The second-order valence-electron chi connectivity index (χ2n) is 8.79. The number of benzene rings is 2. The number of aliphatic hydroxyl groups is 1. The number of rotatable bonds is 8. The number of aryl methyl sites for hydroxylation is 2. The van der Waals surface area contributed by atoms with Crippen LogP contribution < -0.4 is 9.64 Å². The lowest BCUT2D eigenvalue weighted by atomic mass is 10.0. The minimum absolute atomic E-state index is 0.0394. The Morgan fingerprint density at radius 1 is 1.11 bits per heavy atom. The van der Waals surface area contributed by atoms with Crippen LogP contribution in [0.25, 0.3) is 22.8 Å². The standard InChI is InChI=1S/C28H28N4O4/c1-19-15-29-28(36-19)23-12-22-7-6-21(24-16-30-31(18-24)10-3-11-33)13-26(22)32(27(34)14-23)17-20-4-8-25(35-2)9-5-20/h4-9,12-13,15-16,18,33H,3,10-11,14,17H2,1-2H3. The molecule has 4 aromatic rings. The molecule has 0 aliphatic carbocycles. The monoisotopic (exact) mass is 484 g/mol. The molecule has 5 rings (SSSR count). The molecule has 0 saturated carbocycles. The van der Waals surface area contributed by atoms with Crippen molar-refractivity contribution >= 4 is 23.2 Å². The molecule has 36 heavy (non-hydrogen) atoms. The van der Waals surface area contributed by atoms with Gasteiger partial charge in [-0.05, 0) is 54.3 Å². The van der Waals surface area contributed by atoms with E-state index in [-0.39, 0.29) is 18.9 Å². The first-order valence-electron chi connectivity index (χ1n) is 11.9. The summed E-state index contributed by atoms with van der Waals surface area (Å²) < 4.78 is 12.9. The SMILES string of the molecule is COc1ccc(CN2C(=O)CC(c3ncc(C)o3)=Cc3ccc(-c4cnn(CCCO)c4)cc32)cc1. The Bertz CT molecular complexity index is 1400. The number of nitrogens with zero attached hydrogens (tertiary/aromatic N) is 4. The number of aliphatic hydroxyl groups excluding tert-OH is 1. The van der Waals surface area contributed by atoms with E-state index in [2.05, 4.69) is 10.1 Å². The molecule has 0 atom stereocenters. The summed E-state index contributed by atoms with van der Waals surface area (Å²) in [4.78, 5) is 19.8. The molecule has 0 saturated heterocycles. The minimum Gasteiger partial charge on any atom is -0.497 e. The average molecular weight is 485 g/mol. The predicted molar refractivity (Wildman–Crippen MR) is 137 cm³/mol. The van der Waals surface area contributed by atoms with Gasteiger partial charge in [-0.2, -0.15) is 5.10 Å². The summed E-state index contributed by atoms with van der Waals surface area (Å²) in [5.41, 5.74) is 5.37. The van der Waals surface area contributed by atoms with Gasteiger partial charge in [0.25, 0.3) is 0 Å². The number of methoxy groups -OCH3 is 1. The van der Waals surface area contributed by atoms with E-state index in [1.54, 1.807) is 13.3 Å². The highest BCUT2D eigenvalue weighted by molar-refractivity contribution is 6.06. The Morgan fingerprint density at radius 3 is 2.67 bits per heavy atom. The summed E-state index contributed by atoms with van der Waals surface area (Å²) in [7, 11) is 1.63. The Labute approximate surface area is 209 Å². The van der Waals surface area contributed by atoms with Gasteiger partial charge in [0.1, 0.15) is 11.5 Å². The topological polar surface area (TPSA) is 93.6 Å². The number of fused-ring (bicyclic) bond motifs is 1. The zero-order chi connectivity index (χ0) is 25.1. The molecule has 1 aliphatic rings. The number of carbonyl (C=O) groups is 1. The number of anilines is 1. The number of carbonyl (C=O) groups excluding carboxylic acids is 1. The number of hydrogen-bond acceptors (Lipinski definition) is 6. The fourth-order valence-electron chi connectivity index (χ4n) is 4.31. The van der Waals surface area contributed by atoms with E-state index in [4.69, 9.17) is 14.3 Å². The van der Waals surface area contributed by atoms with Gasteiger partial charge in [-0.15, -0.1) is 0 Å². The molecule has 1 N–H and O–H groups in total. The maximum Gasteiger partial charge on any atom is 0.231 e. The molecule has 0 unspecified atom stereocenters. The summed E-state index contributed by atoms with van der Waals surface area (Å²) in [6.07, 6.45) is 8.24. The minimum atomic E-state index is -0.0394. The van der Waals surface area contributed by atoms with Gasteiger partial charge in [0, 0.05) is 30.5 Å². The number of amides is 1. The number of hydrogen-bond donors (Lipinski definition) is 1. The molecular weight excluding hydrogens is 456 g/mol. The van der Waals surface area contributed by atoms with Crippen LogP contribution in [0.15, 0.2) is 65.5 Å². The molecular formula is C28H28N4O4. The molecule has 0 bridgehead atoms. The van der Waals surface area contributed by atoms with E-state index in [0.29, 0.717) is 31.2 Å². The van der Waals surface area contributed by atoms with Crippen molar-refractivity contribution in [1.29, 1.82) is 0 Å². The van der Waals surface area contributed by atoms with Crippen LogP contribution in [0, 0.1) is 6.92 Å². The summed E-state index contributed by atoms with van der Waals surface area (Å²) in [5, 5.41) is 13.5. The lowest BCUT2D eigenvalue weighted by Gasteiger charge is -2.24. The molecule has 2 aromatic carbocycles. The van der Waals surface area contributed by atoms with E-state index in [9.17, 15) is 4.79 Å². The second kappa shape index (κ2) is 10.2. The molecule has 3 heterocycles. The van der Waals surface area contributed by atoms with Crippen molar-refractivity contribution in [3.63, 3.8) is 0 Å². The highest BCUT2D eigenvalue weighted by Gasteiger charge is 2.26. The highest BCUT2D eigenvalue weighted by Crippen LogP contribution is 2.36. The largest absolute Gasteiger partial charge is 0.497 e. The molecule has 1 amide bonds. The van der Waals surface area contributed by atoms with Gasteiger partial charge < -0.3 is 19.2 Å². The van der Waals surface area contributed by atoms with Gasteiger partial charge in [-0.3, -0.25) is 9.48 Å². The third kappa shape index (κ3) is 4.94. The smallest absolute Gasteiger partial charge is 0.231 e. The van der Waals surface area contributed by atoms with Crippen LogP contribution in [-0.2, 0) is 17.9 Å². The zero-order valence-corrected chi connectivity index (χ0v) is 20.3. The second-order valence-corrected chi connectivity index (χ2v) is 8.79. The van der Waals surface area contributed by atoms with Crippen molar-refractivity contribution in [1.82, 2.24) is 14.8 Å². The van der Waals surface area contributed by atoms with Gasteiger partial charge in [-0.25, -0.2) is 4.98 Å². The van der Waals surface area contributed by atoms with E-state index in [1.807, 2.05) is 77.4 Å². The Kier molecular flexibility index (Phi) is 6.69. The zero-order valence-electron chi connectivity index (χ0n) is 20.3. The van der Waals surface area contributed by atoms with Gasteiger partial charge in [-0.1, -0.05) is 24.3 Å². The summed E-state index contributed by atoms with van der Waals surface area (Å²) >= 11 is 0. The molecule has 0 fully saturated rings. The maximum absolute atomic E-state index is 13.6. The molecule has 1 aliphatic heterocycles. The van der Waals surface area contributed by atoms with Crippen LogP contribution in [0.4, 0.5) is 5.69 Å². The summed E-state index contributed by atoms with van der Waals surface area (Å²) in [5.74, 6) is 1.89. The number of ether oxygens (including phenoxy) is 1. The van der Waals surface area contributed by atoms with E-state index < -0.39 is 0 Å². The van der Waals surface area contributed by atoms with Crippen molar-refractivity contribution in [3.05, 3.63) is 83.8 Å². The number of oxazole rings is 1. The highest BCUT2D eigenvalue weighted by atomic mass is 16.5. The third-order valence-corrected chi connectivity index (χ3v) is 6.20. The third-order valence-electron chi connectivity index (χ3n) is 6.20. The first-order chi connectivity index (χ1) is 17.5. The van der Waals surface area contributed by atoms with Crippen LogP contribution in [0.1, 0.15) is 35.6 Å². The molecule has 2 aromatic heterocycles. The normalized spacial score (nSPS) is 13.4. The van der Waals surface area contributed by atoms with Crippen molar-refractivity contribution < 1.29 is 19.1 Å².